The summed E-state index contributed by atoms with van der Waals surface area (Å²) in [6, 6.07) is -1.43. The molecule has 0 saturated heterocycles. The molecule has 0 aromatic rings. The highest BCUT2D eigenvalue weighted by molar-refractivity contribution is 5.83. The quantitative estimate of drug-likeness (QED) is 0.455. The smallest absolute Gasteiger partial charge is 0.326 e. The molecule has 0 bridgehead atoms. The summed E-state index contributed by atoms with van der Waals surface area (Å²) in [5.41, 5.74) is 4.89. The van der Waals surface area contributed by atoms with E-state index in [0.29, 0.717) is 25.8 Å². The van der Waals surface area contributed by atoms with Crippen molar-refractivity contribution in [3.05, 3.63) is 0 Å². The van der Waals surface area contributed by atoms with Crippen molar-refractivity contribution in [1.29, 1.82) is 0 Å². The average Bonchev–Trinajstić information content (AvgIpc) is 2.26. The standard InChI is InChI=1S/C12H23N3O4/c1-8(2)7-9(11(17)18)15-10(16)5-3-4-6-14-12(13)19/h8-9H,3-7H2,1-2H3,(H,15,16)(H,17,18)(H3,13,14,19). The minimum absolute atomic E-state index is 0.196. The zero-order valence-corrected chi connectivity index (χ0v) is 11.4. The molecule has 0 aromatic heterocycles. The molecule has 0 aromatic carbocycles. The molecule has 7 nitrogen and oxygen atoms in total. The Balaban J connectivity index is 3.87. The van der Waals surface area contributed by atoms with E-state index in [1.807, 2.05) is 13.8 Å². The average molecular weight is 273 g/mol. The van der Waals surface area contributed by atoms with Crippen LogP contribution in [0.3, 0.4) is 0 Å². The van der Waals surface area contributed by atoms with Gasteiger partial charge in [0.05, 0.1) is 0 Å². The molecular weight excluding hydrogens is 250 g/mol. The van der Waals surface area contributed by atoms with Gasteiger partial charge in [0, 0.05) is 13.0 Å². The molecule has 1 atom stereocenters. The van der Waals surface area contributed by atoms with Crippen LogP contribution in [0.1, 0.15) is 39.5 Å². The van der Waals surface area contributed by atoms with E-state index in [1.54, 1.807) is 0 Å². The van der Waals surface area contributed by atoms with Gasteiger partial charge in [-0.3, -0.25) is 4.79 Å². The number of urea groups is 1. The van der Waals surface area contributed by atoms with Crippen molar-refractivity contribution >= 4 is 17.9 Å². The van der Waals surface area contributed by atoms with Gasteiger partial charge >= 0.3 is 12.0 Å². The number of amides is 3. The maximum Gasteiger partial charge on any atom is 0.326 e. The molecule has 110 valence electrons. The molecular formula is C12H23N3O4. The largest absolute Gasteiger partial charge is 0.480 e. The molecule has 0 rings (SSSR count). The Morgan fingerprint density at radius 3 is 2.32 bits per heavy atom. The summed E-state index contributed by atoms with van der Waals surface area (Å²) < 4.78 is 0. The Bertz CT molecular complexity index is 318. The third-order valence-corrected chi connectivity index (χ3v) is 2.47. The van der Waals surface area contributed by atoms with Crippen LogP contribution in [0.25, 0.3) is 0 Å². The molecule has 5 N–H and O–H groups in total. The highest BCUT2D eigenvalue weighted by Crippen LogP contribution is 2.05. The lowest BCUT2D eigenvalue weighted by Gasteiger charge is -2.16. The number of carboxylic acids is 1. The first-order chi connectivity index (χ1) is 8.82. The van der Waals surface area contributed by atoms with Crippen LogP contribution in [0.4, 0.5) is 4.79 Å². The lowest BCUT2D eigenvalue weighted by molar-refractivity contribution is -0.142. The van der Waals surface area contributed by atoms with Crippen molar-refractivity contribution in [1.82, 2.24) is 10.6 Å². The Morgan fingerprint density at radius 2 is 1.84 bits per heavy atom. The highest BCUT2D eigenvalue weighted by atomic mass is 16.4. The number of primary amides is 1. The van der Waals surface area contributed by atoms with Crippen LogP contribution in [0, 0.1) is 5.92 Å². The van der Waals surface area contributed by atoms with Crippen molar-refractivity contribution in [2.24, 2.45) is 11.7 Å². The molecule has 0 fully saturated rings. The topological polar surface area (TPSA) is 122 Å². The van der Waals surface area contributed by atoms with Gasteiger partial charge in [-0.25, -0.2) is 9.59 Å². The minimum Gasteiger partial charge on any atom is -0.480 e. The molecule has 0 radical (unpaired) electrons. The number of carbonyl (C=O) groups excluding carboxylic acids is 2. The van der Waals surface area contributed by atoms with Gasteiger partial charge in [0.15, 0.2) is 0 Å². The fourth-order valence-corrected chi connectivity index (χ4v) is 1.58. The number of carboxylic acid groups (broad SMARTS) is 1. The van der Waals surface area contributed by atoms with Gasteiger partial charge in [-0.05, 0) is 25.2 Å². The van der Waals surface area contributed by atoms with E-state index in [1.165, 1.54) is 0 Å². The maximum atomic E-state index is 11.5. The normalized spacial score (nSPS) is 11.9. The van der Waals surface area contributed by atoms with Gasteiger partial charge in [0.1, 0.15) is 6.04 Å². The second-order valence-electron chi connectivity index (χ2n) is 4.84. The first-order valence-corrected chi connectivity index (χ1v) is 6.38. The summed E-state index contributed by atoms with van der Waals surface area (Å²) in [6.45, 7) is 4.21. The number of hydrogen-bond acceptors (Lipinski definition) is 3. The van der Waals surface area contributed by atoms with Crippen LogP contribution in [-0.4, -0.2) is 35.6 Å². The van der Waals surface area contributed by atoms with E-state index in [-0.39, 0.29) is 18.2 Å². The monoisotopic (exact) mass is 273 g/mol. The first kappa shape index (κ1) is 17.2. The van der Waals surface area contributed by atoms with E-state index in [9.17, 15) is 14.4 Å². The molecule has 0 aliphatic heterocycles. The van der Waals surface area contributed by atoms with Gasteiger partial charge in [0.2, 0.25) is 5.91 Å². The number of aliphatic carboxylic acids is 1. The Hall–Kier alpha value is -1.79. The molecule has 0 heterocycles. The fraction of sp³-hybridized carbons (Fsp3) is 0.750. The number of unbranched alkanes of at least 4 members (excludes halogenated alkanes) is 1. The molecule has 0 aliphatic carbocycles. The van der Waals surface area contributed by atoms with E-state index in [0.717, 1.165) is 0 Å². The van der Waals surface area contributed by atoms with Gasteiger partial charge in [-0.15, -0.1) is 0 Å². The van der Waals surface area contributed by atoms with Gasteiger partial charge in [-0.1, -0.05) is 13.8 Å². The maximum absolute atomic E-state index is 11.5. The third kappa shape index (κ3) is 9.87. The predicted molar refractivity (Wildman–Crippen MR) is 70.5 cm³/mol. The summed E-state index contributed by atoms with van der Waals surface area (Å²) in [4.78, 5) is 32.9. The minimum atomic E-state index is -1.02. The zero-order valence-electron chi connectivity index (χ0n) is 11.4. The number of carbonyl (C=O) groups is 3. The molecule has 3 amide bonds. The fourth-order valence-electron chi connectivity index (χ4n) is 1.58. The SMILES string of the molecule is CC(C)CC(NC(=O)CCCCNC(N)=O)C(=O)O. The van der Waals surface area contributed by atoms with E-state index in [2.05, 4.69) is 10.6 Å². The zero-order chi connectivity index (χ0) is 14.8. The second-order valence-corrected chi connectivity index (χ2v) is 4.84. The predicted octanol–water partition coefficient (Wildman–Crippen LogP) is 0.441. The summed E-state index contributed by atoms with van der Waals surface area (Å²) >= 11 is 0. The van der Waals surface area contributed by atoms with Gasteiger partial charge in [0.25, 0.3) is 0 Å². The lowest BCUT2D eigenvalue weighted by atomic mass is 10.0. The van der Waals surface area contributed by atoms with Crippen LogP contribution in [0.2, 0.25) is 0 Å². The number of rotatable bonds is 9. The molecule has 0 aliphatic rings. The highest BCUT2D eigenvalue weighted by Gasteiger charge is 2.20. The molecule has 0 saturated carbocycles. The van der Waals surface area contributed by atoms with E-state index >= 15 is 0 Å². The Labute approximate surface area is 112 Å². The summed E-state index contributed by atoms with van der Waals surface area (Å²) in [6.07, 6.45) is 1.84. The van der Waals surface area contributed by atoms with Crippen molar-refractivity contribution in [3.8, 4) is 0 Å². The van der Waals surface area contributed by atoms with Crippen LogP contribution < -0.4 is 16.4 Å². The van der Waals surface area contributed by atoms with E-state index < -0.39 is 18.0 Å². The molecule has 19 heavy (non-hydrogen) atoms. The van der Waals surface area contributed by atoms with Crippen LogP contribution in [-0.2, 0) is 9.59 Å². The molecule has 7 heteroatoms. The number of hydrogen-bond donors (Lipinski definition) is 4. The van der Waals surface area contributed by atoms with Crippen molar-refractivity contribution in [2.75, 3.05) is 6.54 Å². The van der Waals surface area contributed by atoms with Gasteiger partial charge < -0.3 is 21.5 Å². The third-order valence-electron chi connectivity index (χ3n) is 2.47. The number of nitrogens with one attached hydrogen (secondary N) is 2. The number of nitrogens with two attached hydrogens (primary N) is 1. The molecule has 0 spiro atoms. The summed E-state index contributed by atoms with van der Waals surface area (Å²) in [5.74, 6) is -1.11. The van der Waals surface area contributed by atoms with E-state index in [4.69, 9.17) is 10.8 Å². The van der Waals surface area contributed by atoms with Crippen molar-refractivity contribution in [3.63, 3.8) is 0 Å². The van der Waals surface area contributed by atoms with Crippen LogP contribution in [0.15, 0.2) is 0 Å². The van der Waals surface area contributed by atoms with Crippen LogP contribution >= 0.6 is 0 Å². The summed E-state index contributed by atoms with van der Waals surface area (Å²) in [5, 5.41) is 13.9. The van der Waals surface area contributed by atoms with Crippen molar-refractivity contribution in [2.45, 2.75) is 45.6 Å². The Morgan fingerprint density at radius 1 is 1.21 bits per heavy atom. The molecule has 1 unspecified atom stereocenters. The second kappa shape index (κ2) is 9.18. The van der Waals surface area contributed by atoms with Gasteiger partial charge in [-0.2, -0.15) is 0 Å². The van der Waals surface area contributed by atoms with Crippen LogP contribution in [0.5, 0.6) is 0 Å². The first-order valence-electron chi connectivity index (χ1n) is 6.38. The summed E-state index contributed by atoms with van der Waals surface area (Å²) in [7, 11) is 0. The van der Waals surface area contributed by atoms with Crippen molar-refractivity contribution < 1.29 is 19.5 Å². The Kier molecular flexibility index (Phi) is 8.32. The lowest BCUT2D eigenvalue weighted by Crippen LogP contribution is -2.41.